The number of nitrogens with zero attached hydrogens (tertiary/aromatic N) is 3. The Bertz CT molecular complexity index is 759. The number of aryl methyl sites for hydroxylation is 1. The second-order valence-corrected chi connectivity index (χ2v) is 7.21. The molecule has 0 aromatic carbocycles. The van der Waals surface area contributed by atoms with E-state index in [0.717, 1.165) is 24.0 Å². The maximum atomic E-state index is 12.0. The number of fused-ring (bicyclic) bond motifs is 1. The van der Waals surface area contributed by atoms with Gasteiger partial charge in [-0.05, 0) is 6.42 Å². The highest BCUT2D eigenvalue weighted by Crippen LogP contribution is 2.21. The summed E-state index contributed by atoms with van der Waals surface area (Å²) in [6.45, 7) is 1.99. The highest BCUT2D eigenvalue weighted by atomic mass is 32.2. The monoisotopic (exact) mass is 287 g/mol. The lowest BCUT2D eigenvalue weighted by Gasteiger charge is -2.04. The lowest BCUT2D eigenvalue weighted by Crippen LogP contribution is -2.22. The molecule has 18 heavy (non-hydrogen) atoms. The van der Waals surface area contributed by atoms with Gasteiger partial charge in [-0.3, -0.25) is 9.36 Å². The number of hydrogen-bond acceptors (Lipinski definition) is 6. The molecule has 0 saturated carbocycles. The normalized spacial score (nSPS) is 12.2. The van der Waals surface area contributed by atoms with E-state index in [-0.39, 0.29) is 15.4 Å². The molecule has 0 aliphatic carbocycles. The van der Waals surface area contributed by atoms with Crippen molar-refractivity contribution < 1.29 is 8.42 Å². The molecule has 0 saturated heterocycles. The van der Waals surface area contributed by atoms with Gasteiger partial charge in [0, 0.05) is 19.7 Å². The van der Waals surface area contributed by atoms with Gasteiger partial charge >= 0.3 is 0 Å². The van der Waals surface area contributed by atoms with Crippen molar-refractivity contribution >= 4 is 31.5 Å². The third-order valence-electron chi connectivity index (χ3n) is 2.51. The summed E-state index contributed by atoms with van der Waals surface area (Å²) >= 11 is 0.944. The molecule has 0 spiro atoms. The second-order valence-electron chi connectivity index (χ2n) is 4.05. The molecule has 0 amide bonds. The zero-order chi connectivity index (χ0) is 13.5. The molecule has 6 nitrogen and oxygen atoms in total. The Hall–Kier alpha value is -1.28. The fourth-order valence-electron chi connectivity index (χ4n) is 1.58. The molecule has 0 unspecified atom stereocenters. The van der Waals surface area contributed by atoms with Gasteiger partial charge in [-0.1, -0.05) is 18.3 Å². The van der Waals surface area contributed by atoms with Crippen molar-refractivity contribution in [1.82, 2.24) is 14.5 Å². The van der Waals surface area contributed by atoms with Gasteiger partial charge in [0.1, 0.15) is 5.82 Å². The maximum Gasteiger partial charge on any atom is 0.280 e. The third kappa shape index (κ3) is 2.17. The van der Waals surface area contributed by atoms with E-state index in [2.05, 4.69) is 9.97 Å². The van der Waals surface area contributed by atoms with Gasteiger partial charge in [-0.25, -0.2) is 18.4 Å². The first-order valence-corrected chi connectivity index (χ1v) is 8.12. The van der Waals surface area contributed by atoms with Crippen LogP contribution in [0.4, 0.5) is 0 Å². The Labute approximate surface area is 108 Å². The Morgan fingerprint density at radius 2 is 2.00 bits per heavy atom. The van der Waals surface area contributed by atoms with Gasteiger partial charge in [0.25, 0.3) is 5.56 Å². The van der Waals surface area contributed by atoms with E-state index < -0.39 is 9.84 Å². The van der Waals surface area contributed by atoms with Crippen molar-refractivity contribution in [2.45, 2.75) is 24.1 Å². The molecule has 2 aromatic rings. The van der Waals surface area contributed by atoms with Gasteiger partial charge in [0.15, 0.2) is 10.3 Å². The minimum absolute atomic E-state index is 0.0595. The highest BCUT2D eigenvalue weighted by Gasteiger charge is 2.18. The number of hydrogen-bond donors (Lipinski definition) is 0. The molecule has 0 aliphatic heterocycles. The van der Waals surface area contributed by atoms with Gasteiger partial charge in [-0.15, -0.1) is 0 Å². The Morgan fingerprint density at radius 1 is 1.33 bits per heavy atom. The summed E-state index contributed by atoms with van der Waals surface area (Å²) in [5, 5.41) is 0. The first-order chi connectivity index (χ1) is 8.34. The average Bonchev–Trinajstić information content (AvgIpc) is 2.69. The van der Waals surface area contributed by atoms with Crippen molar-refractivity contribution in [3.8, 4) is 0 Å². The highest BCUT2D eigenvalue weighted by molar-refractivity contribution is 7.92. The molecule has 2 heterocycles. The summed E-state index contributed by atoms with van der Waals surface area (Å²) in [4.78, 5) is 20.6. The Morgan fingerprint density at radius 3 is 2.56 bits per heavy atom. The van der Waals surface area contributed by atoms with Crippen LogP contribution in [0.25, 0.3) is 10.3 Å². The molecule has 98 valence electrons. The third-order valence-corrected chi connectivity index (χ3v) is 5.13. The summed E-state index contributed by atoms with van der Waals surface area (Å²) in [6, 6.07) is 0. The van der Waals surface area contributed by atoms with Crippen molar-refractivity contribution in [1.29, 1.82) is 0 Å². The zero-order valence-electron chi connectivity index (χ0n) is 10.3. The lowest BCUT2D eigenvalue weighted by molar-refractivity contribution is 0.601. The fraction of sp³-hybridized carbons (Fsp3) is 0.500. The summed E-state index contributed by atoms with van der Waals surface area (Å²) in [6.07, 6.45) is 2.61. The molecule has 0 radical (unpaired) electrons. The van der Waals surface area contributed by atoms with Gasteiger partial charge in [0.2, 0.25) is 14.2 Å². The molecule has 0 fully saturated rings. The molecule has 8 heteroatoms. The first-order valence-electron chi connectivity index (χ1n) is 5.41. The Kier molecular flexibility index (Phi) is 3.24. The van der Waals surface area contributed by atoms with Crippen LogP contribution >= 0.6 is 11.3 Å². The molecular formula is C10H13N3O3S2. The van der Waals surface area contributed by atoms with Crippen molar-refractivity contribution in [2.24, 2.45) is 7.05 Å². The van der Waals surface area contributed by atoms with Gasteiger partial charge in [0.05, 0.1) is 0 Å². The second kappa shape index (κ2) is 4.43. The average molecular weight is 287 g/mol. The Balaban J connectivity index is 2.78. The van der Waals surface area contributed by atoms with Crippen LogP contribution in [0.1, 0.15) is 19.2 Å². The van der Waals surface area contributed by atoms with Crippen LogP contribution in [-0.2, 0) is 23.3 Å². The largest absolute Gasteiger partial charge is 0.298 e. The zero-order valence-corrected chi connectivity index (χ0v) is 11.9. The summed E-state index contributed by atoms with van der Waals surface area (Å²) < 4.78 is 24.2. The minimum Gasteiger partial charge on any atom is -0.298 e. The van der Waals surface area contributed by atoms with E-state index in [1.54, 1.807) is 7.05 Å². The first kappa shape index (κ1) is 13.2. The predicted octanol–water partition coefficient (Wildman–Crippen LogP) is 0.746. The van der Waals surface area contributed by atoms with Crippen LogP contribution in [0.15, 0.2) is 9.13 Å². The van der Waals surface area contributed by atoms with Crippen LogP contribution in [0.3, 0.4) is 0 Å². The van der Waals surface area contributed by atoms with Crippen LogP contribution < -0.4 is 5.56 Å². The van der Waals surface area contributed by atoms with Crippen LogP contribution in [0.2, 0.25) is 0 Å². The topological polar surface area (TPSA) is 81.9 Å². The molecule has 0 bridgehead atoms. The van der Waals surface area contributed by atoms with E-state index in [4.69, 9.17) is 0 Å². The molecule has 0 aliphatic rings. The maximum absolute atomic E-state index is 12.0. The van der Waals surface area contributed by atoms with E-state index in [1.165, 1.54) is 4.57 Å². The number of rotatable bonds is 3. The number of aromatic nitrogens is 3. The summed E-state index contributed by atoms with van der Waals surface area (Å²) in [7, 11) is -1.78. The molecule has 0 N–H and O–H groups in total. The summed E-state index contributed by atoms with van der Waals surface area (Å²) in [5.41, 5.74) is -0.169. The minimum atomic E-state index is -3.40. The molecule has 2 rings (SSSR count). The van der Waals surface area contributed by atoms with Crippen LogP contribution in [0.5, 0.6) is 0 Å². The number of sulfone groups is 1. The smallest absolute Gasteiger partial charge is 0.280 e. The van der Waals surface area contributed by atoms with Gasteiger partial charge in [-0.2, -0.15) is 0 Å². The SMILES string of the molecule is CCCc1nc2sc(S(C)(=O)=O)nc2c(=O)n1C. The number of thiazole rings is 1. The standard InChI is InChI=1S/C10H13N3O3S2/c1-4-5-6-11-8-7(9(14)13(6)2)12-10(17-8)18(3,15)16/h4-5H2,1-3H3. The summed E-state index contributed by atoms with van der Waals surface area (Å²) in [5.74, 6) is 0.652. The fourth-order valence-corrected chi connectivity index (χ4v) is 3.36. The lowest BCUT2D eigenvalue weighted by atomic mass is 10.3. The van der Waals surface area contributed by atoms with E-state index in [1.807, 2.05) is 6.92 Å². The van der Waals surface area contributed by atoms with Crippen molar-refractivity contribution in [2.75, 3.05) is 6.26 Å². The van der Waals surface area contributed by atoms with Crippen LogP contribution in [-0.4, -0.2) is 29.2 Å². The van der Waals surface area contributed by atoms with E-state index in [0.29, 0.717) is 17.1 Å². The molecule has 0 atom stereocenters. The predicted molar refractivity (Wildman–Crippen MR) is 69.8 cm³/mol. The molecular weight excluding hydrogens is 274 g/mol. The molecule has 2 aromatic heterocycles. The van der Waals surface area contributed by atoms with Crippen molar-refractivity contribution in [3.05, 3.63) is 16.2 Å². The van der Waals surface area contributed by atoms with E-state index >= 15 is 0 Å². The quantitative estimate of drug-likeness (QED) is 0.832. The van der Waals surface area contributed by atoms with E-state index in [9.17, 15) is 13.2 Å². The van der Waals surface area contributed by atoms with Gasteiger partial charge < -0.3 is 0 Å². The van der Waals surface area contributed by atoms with Crippen LogP contribution in [0, 0.1) is 0 Å². The van der Waals surface area contributed by atoms with Crippen molar-refractivity contribution in [3.63, 3.8) is 0 Å².